The number of hydrogen-bond acceptors (Lipinski definition) is 3. The fraction of sp³-hybridized carbons (Fsp3) is 0. The van der Waals surface area contributed by atoms with E-state index < -0.39 is 17.7 Å². The summed E-state index contributed by atoms with van der Waals surface area (Å²) >= 11 is 3.40. The summed E-state index contributed by atoms with van der Waals surface area (Å²) in [5, 5.41) is 11.6. The summed E-state index contributed by atoms with van der Waals surface area (Å²) in [5.41, 5.74) is -0.0923. The summed E-state index contributed by atoms with van der Waals surface area (Å²) in [5.74, 6) is -1.72. The zero-order chi connectivity index (χ0) is 20.8. The van der Waals surface area contributed by atoms with Gasteiger partial charge in [-0.15, -0.1) is 0 Å². The van der Waals surface area contributed by atoms with E-state index in [4.69, 9.17) is 4.74 Å². The third kappa shape index (κ3) is 5.30. The molecular formula is C22H15BrFNO4. The van der Waals surface area contributed by atoms with Crippen molar-refractivity contribution in [3.05, 3.63) is 99.9 Å². The SMILES string of the molecule is O=C(O)/C(=C/c1ccc(Oc2ccccc2Br)cc1)NC(=O)c1ccccc1F. The Labute approximate surface area is 174 Å². The van der Waals surface area contributed by atoms with Crippen LogP contribution in [0.3, 0.4) is 0 Å². The molecule has 0 saturated carbocycles. The molecule has 29 heavy (non-hydrogen) atoms. The zero-order valence-corrected chi connectivity index (χ0v) is 16.5. The molecule has 0 saturated heterocycles. The Morgan fingerprint density at radius 1 is 0.966 bits per heavy atom. The van der Waals surface area contributed by atoms with Gasteiger partial charge in [0.05, 0.1) is 10.0 Å². The first-order chi connectivity index (χ1) is 13.9. The molecule has 0 fully saturated rings. The summed E-state index contributed by atoms with van der Waals surface area (Å²) in [4.78, 5) is 23.7. The predicted octanol–water partition coefficient (Wildman–Crippen LogP) is 5.24. The predicted molar refractivity (Wildman–Crippen MR) is 110 cm³/mol. The quantitative estimate of drug-likeness (QED) is 0.498. The molecular weight excluding hydrogens is 441 g/mol. The maximum absolute atomic E-state index is 13.7. The van der Waals surface area contributed by atoms with Crippen LogP contribution >= 0.6 is 15.9 Å². The van der Waals surface area contributed by atoms with Gasteiger partial charge in [0.1, 0.15) is 23.0 Å². The minimum absolute atomic E-state index is 0.239. The van der Waals surface area contributed by atoms with Crippen LogP contribution in [0.15, 0.2) is 83.0 Å². The molecule has 3 rings (SSSR count). The first kappa shape index (κ1) is 20.3. The molecule has 0 aromatic heterocycles. The Morgan fingerprint density at radius 2 is 1.62 bits per heavy atom. The first-order valence-corrected chi connectivity index (χ1v) is 9.26. The number of carboxylic acid groups (broad SMARTS) is 1. The van der Waals surface area contributed by atoms with Gasteiger partial charge in [-0.3, -0.25) is 4.79 Å². The van der Waals surface area contributed by atoms with Gasteiger partial charge in [-0.2, -0.15) is 0 Å². The lowest BCUT2D eigenvalue weighted by molar-refractivity contribution is -0.132. The molecule has 0 aliphatic rings. The van der Waals surface area contributed by atoms with Gasteiger partial charge in [0.2, 0.25) is 0 Å². The molecule has 0 heterocycles. The number of ether oxygens (including phenoxy) is 1. The Hall–Kier alpha value is -3.45. The molecule has 0 atom stereocenters. The molecule has 3 aromatic rings. The molecule has 146 valence electrons. The van der Waals surface area contributed by atoms with Gasteiger partial charge in [-0.1, -0.05) is 36.4 Å². The minimum atomic E-state index is -1.34. The van der Waals surface area contributed by atoms with Crippen molar-refractivity contribution in [2.24, 2.45) is 0 Å². The Kier molecular flexibility index (Phi) is 6.41. The highest BCUT2D eigenvalue weighted by Gasteiger charge is 2.16. The van der Waals surface area contributed by atoms with Gasteiger partial charge in [-0.25, -0.2) is 9.18 Å². The largest absolute Gasteiger partial charge is 0.477 e. The Balaban J connectivity index is 1.77. The van der Waals surface area contributed by atoms with Crippen molar-refractivity contribution in [2.45, 2.75) is 0 Å². The van der Waals surface area contributed by atoms with Crippen molar-refractivity contribution in [2.75, 3.05) is 0 Å². The summed E-state index contributed by atoms with van der Waals surface area (Å²) in [6, 6.07) is 19.3. The number of para-hydroxylation sites is 1. The highest BCUT2D eigenvalue weighted by molar-refractivity contribution is 9.10. The minimum Gasteiger partial charge on any atom is -0.477 e. The van der Waals surface area contributed by atoms with Gasteiger partial charge in [0.15, 0.2) is 0 Å². The molecule has 1 amide bonds. The number of nitrogens with one attached hydrogen (secondary N) is 1. The maximum Gasteiger partial charge on any atom is 0.352 e. The number of halogens is 2. The van der Waals surface area contributed by atoms with Crippen LogP contribution in [0.1, 0.15) is 15.9 Å². The van der Waals surface area contributed by atoms with Gasteiger partial charge in [0, 0.05) is 0 Å². The number of amides is 1. The fourth-order valence-electron chi connectivity index (χ4n) is 2.44. The number of carbonyl (C=O) groups is 2. The Morgan fingerprint density at radius 3 is 2.28 bits per heavy atom. The third-order valence-electron chi connectivity index (χ3n) is 3.85. The summed E-state index contributed by atoms with van der Waals surface area (Å²) < 4.78 is 20.3. The van der Waals surface area contributed by atoms with Crippen LogP contribution in [0.2, 0.25) is 0 Å². The van der Waals surface area contributed by atoms with Crippen molar-refractivity contribution in [3.63, 3.8) is 0 Å². The van der Waals surface area contributed by atoms with Crippen LogP contribution in [0, 0.1) is 5.82 Å². The van der Waals surface area contributed by atoms with E-state index >= 15 is 0 Å². The summed E-state index contributed by atoms with van der Waals surface area (Å²) in [7, 11) is 0. The first-order valence-electron chi connectivity index (χ1n) is 8.47. The van der Waals surface area contributed by atoms with E-state index in [1.165, 1.54) is 24.3 Å². The molecule has 2 N–H and O–H groups in total. The van der Waals surface area contributed by atoms with E-state index in [0.29, 0.717) is 17.1 Å². The second-order valence-corrected chi connectivity index (χ2v) is 6.75. The number of benzene rings is 3. The van der Waals surface area contributed by atoms with Crippen LogP contribution in [0.5, 0.6) is 11.5 Å². The topological polar surface area (TPSA) is 75.6 Å². The van der Waals surface area contributed by atoms with Gasteiger partial charge in [-0.05, 0) is 64.0 Å². The average molecular weight is 456 g/mol. The molecule has 7 heteroatoms. The lowest BCUT2D eigenvalue weighted by atomic mass is 10.1. The number of aliphatic carboxylic acids is 1. The average Bonchev–Trinajstić information content (AvgIpc) is 2.70. The second kappa shape index (κ2) is 9.16. The lowest BCUT2D eigenvalue weighted by Crippen LogP contribution is -2.27. The van der Waals surface area contributed by atoms with Crippen LogP contribution in [-0.2, 0) is 4.79 Å². The highest BCUT2D eigenvalue weighted by atomic mass is 79.9. The van der Waals surface area contributed by atoms with Crippen molar-refractivity contribution < 1.29 is 23.8 Å². The monoisotopic (exact) mass is 455 g/mol. The van der Waals surface area contributed by atoms with E-state index in [-0.39, 0.29) is 11.3 Å². The summed E-state index contributed by atoms with van der Waals surface area (Å²) in [6.07, 6.45) is 1.28. The van der Waals surface area contributed by atoms with Crippen molar-refractivity contribution in [3.8, 4) is 11.5 Å². The molecule has 0 radical (unpaired) electrons. The summed E-state index contributed by atoms with van der Waals surface area (Å²) in [6.45, 7) is 0. The smallest absolute Gasteiger partial charge is 0.352 e. The molecule has 5 nitrogen and oxygen atoms in total. The zero-order valence-electron chi connectivity index (χ0n) is 14.9. The molecule has 0 bridgehead atoms. The van der Waals surface area contributed by atoms with E-state index in [1.54, 1.807) is 30.3 Å². The van der Waals surface area contributed by atoms with E-state index in [2.05, 4.69) is 21.2 Å². The fourth-order valence-corrected chi connectivity index (χ4v) is 2.81. The van der Waals surface area contributed by atoms with Gasteiger partial charge >= 0.3 is 5.97 Å². The van der Waals surface area contributed by atoms with Crippen molar-refractivity contribution in [1.82, 2.24) is 5.32 Å². The molecule has 0 aliphatic carbocycles. The van der Waals surface area contributed by atoms with Crippen molar-refractivity contribution in [1.29, 1.82) is 0 Å². The van der Waals surface area contributed by atoms with E-state index in [1.807, 2.05) is 18.2 Å². The standard InChI is InChI=1S/C22H15BrFNO4/c23-17-6-2-4-8-20(17)29-15-11-9-14(10-12-15)13-19(22(27)28)25-21(26)16-5-1-3-7-18(16)24/h1-13H,(H,25,26)(H,27,28)/b19-13-. The van der Waals surface area contributed by atoms with Crippen LogP contribution in [0.25, 0.3) is 6.08 Å². The lowest BCUT2D eigenvalue weighted by Gasteiger charge is -2.09. The molecule has 0 aliphatic heterocycles. The Bertz CT molecular complexity index is 1080. The highest BCUT2D eigenvalue weighted by Crippen LogP contribution is 2.29. The third-order valence-corrected chi connectivity index (χ3v) is 4.51. The molecule has 0 unspecified atom stereocenters. The molecule has 3 aromatic carbocycles. The van der Waals surface area contributed by atoms with E-state index in [0.717, 1.165) is 10.5 Å². The van der Waals surface area contributed by atoms with Crippen LogP contribution in [-0.4, -0.2) is 17.0 Å². The van der Waals surface area contributed by atoms with E-state index in [9.17, 15) is 19.1 Å². The van der Waals surface area contributed by atoms with Crippen molar-refractivity contribution >= 4 is 33.9 Å². The van der Waals surface area contributed by atoms with Gasteiger partial charge < -0.3 is 15.2 Å². The number of rotatable bonds is 6. The number of carbonyl (C=O) groups excluding carboxylic acids is 1. The molecule has 0 spiro atoms. The number of hydrogen-bond donors (Lipinski definition) is 2. The maximum atomic E-state index is 13.7. The van der Waals surface area contributed by atoms with Crippen LogP contribution < -0.4 is 10.1 Å². The second-order valence-electron chi connectivity index (χ2n) is 5.90. The number of carboxylic acids is 1. The normalized spacial score (nSPS) is 11.0. The van der Waals surface area contributed by atoms with Crippen LogP contribution in [0.4, 0.5) is 4.39 Å². The van der Waals surface area contributed by atoms with Gasteiger partial charge in [0.25, 0.3) is 5.91 Å².